The van der Waals surface area contributed by atoms with Gasteiger partial charge in [-0.05, 0) is 0 Å². The molecule has 0 aromatic carbocycles. The average molecular weight is 174 g/mol. The van der Waals surface area contributed by atoms with E-state index in [-0.39, 0.29) is 13.2 Å². The van der Waals surface area contributed by atoms with Gasteiger partial charge in [0, 0.05) is 0 Å². The molecule has 0 amide bonds. The Bertz CT molecular complexity index is 253. The van der Waals surface area contributed by atoms with Crippen LogP contribution in [0.25, 0.3) is 0 Å². The molecule has 0 radical (unpaired) electrons. The Morgan fingerprint density at radius 1 is 1.09 bits per heavy atom. The van der Waals surface area contributed by atoms with Gasteiger partial charge in [0.15, 0.2) is 0 Å². The molecule has 0 fully saturated rings. The minimum absolute atomic E-state index is 0.354. The molecule has 0 bridgehead atoms. The minimum Gasteiger partial charge on any atom is -0.235 e. The van der Waals surface area contributed by atoms with Gasteiger partial charge in [0.25, 0.3) is 0 Å². The van der Waals surface area contributed by atoms with E-state index in [0.29, 0.717) is 0 Å². The van der Waals surface area contributed by atoms with Crippen molar-refractivity contribution in [3.05, 3.63) is 0 Å². The van der Waals surface area contributed by atoms with Crippen LogP contribution in [0.3, 0.4) is 0 Å². The van der Waals surface area contributed by atoms with Crippen molar-refractivity contribution in [2.24, 2.45) is 0 Å². The number of hydrogen-bond donors (Lipinski definition) is 0. The van der Waals surface area contributed by atoms with Crippen LogP contribution in [0.5, 0.6) is 0 Å². The molecule has 4 nitrogen and oxygen atoms in total. The molecule has 0 spiro atoms. The van der Waals surface area contributed by atoms with Crippen molar-refractivity contribution in [2.45, 2.75) is 0 Å². The van der Waals surface area contributed by atoms with Crippen molar-refractivity contribution in [1.29, 1.82) is 0 Å². The van der Waals surface area contributed by atoms with Crippen LogP contribution < -0.4 is 0 Å². The molecule has 5 heteroatoms. The Hall–Kier alpha value is -1.01. The number of hydrogen-bond acceptors (Lipinski definition) is 4. The van der Waals surface area contributed by atoms with E-state index in [2.05, 4.69) is 8.37 Å². The zero-order valence-corrected chi connectivity index (χ0v) is 6.43. The predicted molar refractivity (Wildman–Crippen MR) is 38.5 cm³/mol. The Kier molecular flexibility index (Phi) is 4.32. The lowest BCUT2D eigenvalue weighted by Gasteiger charge is -1.98. The van der Waals surface area contributed by atoms with Crippen LogP contribution in [0, 0.1) is 24.7 Å². The first kappa shape index (κ1) is 9.99. The lowest BCUT2D eigenvalue weighted by atomic mass is 10.8. The van der Waals surface area contributed by atoms with Crippen molar-refractivity contribution < 1.29 is 16.8 Å². The SMILES string of the molecule is C#CCOS(=O)(=O)OCC#C. The van der Waals surface area contributed by atoms with Crippen LogP contribution in [0.2, 0.25) is 0 Å². The third kappa shape index (κ3) is 5.43. The van der Waals surface area contributed by atoms with Gasteiger partial charge < -0.3 is 0 Å². The first-order chi connectivity index (χ1) is 5.12. The van der Waals surface area contributed by atoms with Crippen molar-refractivity contribution in [1.82, 2.24) is 0 Å². The summed E-state index contributed by atoms with van der Waals surface area (Å²) in [5.74, 6) is 3.93. The highest BCUT2D eigenvalue weighted by molar-refractivity contribution is 7.81. The Morgan fingerprint density at radius 2 is 1.45 bits per heavy atom. The van der Waals surface area contributed by atoms with Crippen molar-refractivity contribution in [3.8, 4) is 24.7 Å². The first-order valence-corrected chi connectivity index (χ1v) is 3.86. The highest BCUT2D eigenvalue weighted by Gasteiger charge is 2.08. The molecule has 0 unspecified atom stereocenters. The maximum absolute atomic E-state index is 10.5. The molecule has 60 valence electrons. The molecule has 0 heterocycles. The van der Waals surface area contributed by atoms with Crippen LogP contribution in [0.1, 0.15) is 0 Å². The zero-order chi connectivity index (χ0) is 8.74. The molecule has 0 atom stereocenters. The maximum Gasteiger partial charge on any atom is 0.401 e. The lowest BCUT2D eigenvalue weighted by Crippen LogP contribution is -2.10. The summed E-state index contributed by atoms with van der Waals surface area (Å²) in [4.78, 5) is 0. The molecule has 0 aromatic heterocycles. The standard InChI is InChI=1S/C6H6O4S/c1-3-5-9-11(7,8)10-6-4-2/h1-2H,5-6H2. The van der Waals surface area contributed by atoms with Crippen molar-refractivity contribution >= 4 is 10.4 Å². The molecule has 0 aliphatic heterocycles. The lowest BCUT2D eigenvalue weighted by molar-refractivity contribution is 0.253. The Labute approximate surface area is 65.8 Å². The van der Waals surface area contributed by atoms with E-state index in [1.54, 1.807) is 0 Å². The molecular formula is C6H6O4S. The summed E-state index contributed by atoms with van der Waals surface area (Å²) in [5, 5.41) is 0. The van der Waals surface area contributed by atoms with Gasteiger partial charge in [0.05, 0.1) is 0 Å². The number of terminal acetylenes is 2. The topological polar surface area (TPSA) is 52.6 Å². The fraction of sp³-hybridized carbons (Fsp3) is 0.333. The van der Waals surface area contributed by atoms with E-state index in [4.69, 9.17) is 12.8 Å². The molecule has 0 N–H and O–H groups in total. The smallest absolute Gasteiger partial charge is 0.235 e. The molecule has 0 aliphatic rings. The van der Waals surface area contributed by atoms with Crippen LogP contribution >= 0.6 is 0 Å². The summed E-state index contributed by atoms with van der Waals surface area (Å²) in [6, 6.07) is 0. The molecule has 0 saturated heterocycles. The largest absolute Gasteiger partial charge is 0.401 e. The van der Waals surface area contributed by atoms with E-state index in [9.17, 15) is 8.42 Å². The van der Waals surface area contributed by atoms with Crippen molar-refractivity contribution in [2.75, 3.05) is 13.2 Å². The van der Waals surface area contributed by atoms with E-state index < -0.39 is 10.4 Å². The van der Waals surface area contributed by atoms with E-state index in [1.807, 2.05) is 11.8 Å². The molecule has 11 heavy (non-hydrogen) atoms. The van der Waals surface area contributed by atoms with Gasteiger partial charge in [-0.2, -0.15) is 8.42 Å². The second kappa shape index (κ2) is 4.75. The molecule has 0 aromatic rings. The van der Waals surface area contributed by atoms with Gasteiger partial charge in [0.1, 0.15) is 13.2 Å². The maximum atomic E-state index is 10.5. The third-order valence-electron chi connectivity index (χ3n) is 0.573. The summed E-state index contributed by atoms with van der Waals surface area (Å²) >= 11 is 0. The average Bonchev–Trinajstić information content (AvgIpc) is 1.97. The summed E-state index contributed by atoms with van der Waals surface area (Å²) in [6.07, 6.45) is 9.46. The van der Waals surface area contributed by atoms with Gasteiger partial charge >= 0.3 is 10.4 Å². The predicted octanol–water partition coefficient (Wildman–Crippen LogP) is -0.469. The van der Waals surface area contributed by atoms with Gasteiger partial charge in [-0.1, -0.05) is 11.8 Å². The first-order valence-electron chi connectivity index (χ1n) is 2.53. The van der Waals surface area contributed by atoms with Crippen LogP contribution in [-0.4, -0.2) is 21.6 Å². The fourth-order valence-corrected chi connectivity index (χ4v) is 0.739. The quantitative estimate of drug-likeness (QED) is 0.541. The van der Waals surface area contributed by atoms with Gasteiger partial charge in [-0.25, -0.2) is 8.37 Å². The highest BCUT2D eigenvalue weighted by atomic mass is 32.3. The van der Waals surface area contributed by atoms with E-state index in [1.165, 1.54) is 0 Å². The zero-order valence-electron chi connectivity index (χ0n) is 5.61. The fourth-order valence-electron chi connectivity index (χ4n) is 0.246. The summed E-state index contributed by atoms with van der Waals surface area (Å²) in [5.41, 5.74) is 0. The Morgan fingerprint density at radius 3 is 1.73 bits per heavy atom. The number of rotatable bonds is 4. The van der Waals surface area contributed by atoms with E-state index in [0.717, 1.165) is 0 Å². The third-order valence-corrected chi connectivity index (χ3v) is 1.39. The molecule has 0 saturated carbocycles. The minimum atomic E-state index is -3.99. The second-order valence-corrected chi connectivity index (χ2v) is 2.63. The van der Waals surface area contributed by atoms with Crippen LogP contribution in [0.4, 0.5) is 0 Å². The Balaban J connectivity index is 3.86. The molecule has 0 rings (SSSR count). The second-order valence-electron chi connectivity index (χ2n) is 1.34. The molecular weight excluding hydrogens is 168 g/mol. The highest BCUT2D eigenvalue weighted by Crippen LogP contribution is 1.93. The molecule has 0 aliphatic carbocycles. The van der Waals surface area contributed by atoms with Gasteiger partial charge in [0.2, 0.25) is 0 Å². The van der Waals surface area contributed by atoms with Crippen LogP contribution in [0.15, 0.2) is 0 Å². The van der Waals surface area contributed by atoms with Crippen molar-refractivity contribution in [3.63, 3.8) is 0 Å². The van der Waals surface area contributed by atoms with Gasteiger partial charge in [-0.15, -0.1) is 12.8 Å². The van der Waals surface area contributed by atoms with Crippen LogP contribution in [-0.2, 0) is 18.8 Å². The summed E-state index contributed by atoms with van der Waals surface area (Å²) in [7, 11) is -3.99. The summed E-state index contributed by atoms with van der Waals surface area (Å²) in [6.45, 7) is -0.709. The van der Waals surface area contributed by atoms with E-state index >= 15 is 0 Å². The summed E-state index contributed by atoms with van der Waals surface area (Å²) < 4.78 is 29.2. The normalized spacial score (nSPS) is 10.0. The monoisotopic (exact) mass is 174 g/mol. The van der Waals surface area contributed by atoms with Gasteiger partial charge in [-0.3, -0.25) is 0 Å².